The smallest absolute Gasteiger partial charge is 0.225 e. The Morgan fingerprint density at radius 2 is 1.55 bits per heavy atom. The molecule has 8 heteroatoms. The van der Waals surface area contributed by atoms with Crippen molar-refractivity contribution in [2.24, 2.45) is 0 Å². The molecule has 4 rings (SSSR count). The highest BCUT2D eigenvalue weighted by molar-refractivity contribution is 6.30. The molecule has 0 radical (unpaired) electrons. The lowest BCUT2D eigenvalue weighted by atomic mass is 10.1. The summed E-state index contributed by atoms with van der Waals surface area (Å²) in [6, 6.07) is 7.83. The van der Waals surface area contributed by atoms with Gasteiger partial charge in [0.2, 0.25) is 5.95 Å². The SMILES string of the molecule is Fc1cnc(N2CCN(CCCCn3cc(-c4ccc(Cl)cc4)cn3)CC2)nc1. The predicted octanol–water partition coefficient (Wildman–Crippen LogP) is 3.74. The maximum absolute atomic E-state index is 13.0. The van der Waals surface area contributed by atoms with Gasteiger partial charge in [-0.25, -0.2) is 14.4 Å². The van der Waals surface area contributed by atoms with Gasteiger partial charge in [-0.15, -0.1) is 0 Å². The molecule has 1 aromatic carbocycles. The van der Waals surface area contributed by atoms with E-state index < -0.39 is 5.82 Å². The van der Waals surface area contributed by atoms with E-state index in [2.05, 4.69) is 31.1 Å². The number of piperazine rings is 1. The topological polar surface area (TPSA) is 50.1 Å². The molecule has 1 saturated heterocycles. The molecule has 0 atom stereocenters. The number of aryl methyl sites for hydroxylation is 1. The van der Waals surface area contributed by atoms with Crippen molar-refractivity contribution in [3.63, 3.8) is 0 Å². The van der Waals surface area contributed by atoms with Crippen molar-refractivity contribution >= 4 is 17.5 Å². The summed E-state index contributed by atoms with van der Waals surface area (Å²) in [5.41, 5.74) is 2.24. The summed E-state index contributed by atoms with van der Waals surface area (Å²) in [6.07, 6.45) is 8.65. The molecule has 0 amide bonds. The Morgan fingerprint density at radius 3 is 2.28 bits per heavy atom. The van der Waals surface area contributed by atoms with Gasteiger partial charge in [-0.3, -0.25) is 9.58 Å². The summed E-state index contributed by atoms with van der Waals surface area (Å²) in [7, 11) is 0. The van der Waals surface area contributed by atoms with E-state index in [0.29, 0.717) is 5.95 Å². The third-order valence-electron chi connectivity index (χ3n) is 5.18. The predicted molar refractivity (Wildman–Crippen MR) is 113 cm³/mol. The zero-order chi connectivity index (χ0) is 20.1. The number of aromatic nitrogens is 4. The van der Waals surface area contributed by atoms with E-state index in [1.165, 1.54) is 12.4 Å². The van der Waals surface area contributed by atoms with E-state index in [1.807, 2.05) is 35.1 Å². The van der Waals surface area contributed by atoms with Crippen LogP contribution in [0.15, 0.2) is 49.1 Å². The van der Waals surface area contributed by atoms with Crippen LogP contribution in [0, 0.1) is 5.82 Å². The number of anilines is 1. The van der Waals surface area contributed by atoms with Crippen molar-refractivity contribution in [1.29, 1.82) is 0 Å². The molecular weight excluding hydrogens is 391 g/mol. The van der Waals surface area contributed by atoms with Crippen LogP contribution in [0.5, 0.6) is 0 Å². The Balaban J connectivity index is 1.17. The van der Waals surface area contributed by atoms with E-state index in [9.17, 15) is 4.39 Å². The fourth-order valence-electron chi connectivity index (χ4n) is 3.53. The van der Waals surface area contributed by atoms with Gasteiger partial charge in [0.05, 0.1) is 18.6 Å². The maximum Gasteiger partial charge on any atom is 0.225 e. The minimum Gasteiger partial charge on any atom is -0.338 e. The van der Waals surface area contributed by atoms with Crippen LogP contribution in [0.1, 0.15) is 12.8 Å². The van der Waals surface area contributed by atoms with E-state index in [0.717, 1.165) is 68.3 Å². The van der Waals surface area contributed by atoms with Gasteiger partial charge in [0, 0.05) is 49.5 Å². The first-order valence-corrected chi connectivity index (χ1v) is 10.3. The lowest BCUT2D eigenvalue weighted by Gasteiger charge is -2.34. The number of hydrogen-bond donors (Lipinski definition) is 0. The molecule has 1 fully saturated rings. The summed E-state index contributed by atoms with van der Waals surface area (Å²) in [5.74, 6) is 0.214. The molecule has 0 spiro atoms. The fourth-order valence-corrected chi connectivity index (χ4v) is 3.65. The molecule has 152 valence electrons. The number of rotatable bonds is 7. The highest BCUT2D eigenvalue weighted by atomic mass is 35.5. The Kier molecular flexibility index (Phi) is 6.36. The zero-order valence-corrected chi connectivity index (χ0v) is 17.0. The Morgan fingerprint density at radius 1 is 0.862 bits per heavy atom. The second-order valence-corrected chi connectivity index (χ2v) is 7.67. The number of halogens is 2. The molecule has 0 aliphatic carbocycles. The van der Waals surface area contributed by atoms with E-state index in [-0.39, 0.29) is 0 Å². The molecule has 2 aromatic heterocycles. The van der Waals surface area contributed by atoms with Gasteiger partial charge >= 0.3 is 0 Å². The minimum atomic E-state index is -0.398. The van der Waals surface area contributed by atoms with Gasteiger partial charge in [0.25, 0.3) is 0 Å². The summed E-state index contributed by atoms with van der Waals surface area (Å²) in [6.45, 7) is 5.68. The second kappa shape index (κ2) is 9.33. The highest BCUT2D eigenvalue weighted by Gasteiger charge is 2.18. The van der Waals surface area contributed by atoms with E-state index in [1.54, 1.807) is 0 Å². The van der Waals surface area contributed by atoms with Crippen molar-refractivity contribution in [2.45, 2.75) is 19.4 Å². The second-order valence-electron chi connectivity index (χ2n) is 7.24. The van der Waals surface area contributed by atoms with Gasteiger partial charge in [0.1, 0.15) is 0 Å². The third-order valence-corrected chi connectivity index (χ3v) is 5.44. The van der Waals surface area contributed by atoms with E-state index in [4.69, 9.17) is 11.6 Å². The Hall–Kier alpha value is -2.51. The lowest BCUT2D eigenvalue weighted by Crippen LogP contribution is -2.47. The highest BCUT2D eigenvalue weighted by Crippen LogP contribution is 2.21. The van der Waals surface area contributed by atoms with Crippen molar-refractivity contribution in [3.05, 3.63) is 59.9 Å². The van der Waals surface area contributed by atoms with Crippen LogP contribution in [0.3, 0.4) is 0 Å². The monoisotopic (exact) mass is 414 g/mol. The molecular formula is C21H24ClFN6. The maximum atomic E-state index is 13.0. The summed E-state index contributed by atoms with van der Waals surface area (Å²) >= 11 is 5.95. The van der Waals surface area contributed by atoms with Crippen molar-refractivity contribution in [3.8, 4) is 11.1 Å². The molecule has 1 aliphatic heterocycles. The van der Waals surface area contributed by atoms with Crippen LogP contribution in [-0.2, 0) is 6.54 Å². The van der Waals surface area contributed by atoms with Crippen LogP contribution in [0.4, 0.5) is 10.3 Å². The zero-order valence-electron chi connectivity index (χ0n) is 16.2. The van der Waals surface area contributed by atoms with Crippen LogP contribution in [0.25, 0.3) is 11.1 Å². The standard InChI is InChI=1S/C21H24ClFN6/c22-19-5-3-17(4-6-19)18-13-26-29(16-18)8-2-1-7-27-9-11-28(12-10-27)21-24-14-20(23)15-25-21/h3-6,13-16H,1-2,7-12H2. The fraction of sp³-hybridized carbons (Fsp3) is 0.381. The van der Waals surface area contributed by atoms with Gasteiger partial charge in [-0.05, 0) is 37.1 Å². The van der Waals surface area contributed by atoms with Gasteiger partial charge in [-0.2, -0.15) is 5.10 Å². The normalized spacial score (nSPS) is 15.0. The molecule has 0 N–H and O–H groups in total. The van der Waals surface area contributed by atoms with Gasteiger partial charge in [-0.1, -0.05) is 23.7 Å². The molecule has 0 saturated carbocycles. The van der Waals surface area contributed by atoms with Crippen LogP contribution >= 0.6 is 11.6 Å². The van der Waals surface area contributed by atoms with E-state index >= 15 is 0 Å². The van der Waals surface area contributed by atoms with Crippen LogP contribution in [0.2, 0.25) is 5.02 Å². The molecule has 3 heterocycles. The number of hydrogen-bond acceptors (Lipinski definition) is 5. The van der Waals surface area contributed by atoms with Crippen molar-refractivity contribution in [2.75, 3.05) is 37.6 Å². The first kappa shape index (κ1) is 19.8. The average molecular weight is 415 g/mol. The largest absolute Gasteiger partial charge is 0.338 e. The number of benzene rings is 1. The minimum absolute atomic E-state index is 0.398. The number of nitrogens with zero attached hydrogens (tertiary/aromatic N) is 6. The Bertz CT molecular complexity index is 904. The van der Waals surface area contributed by atoms with Gasteiger partial charge < -0.3 is 4.90 Å². The molecule has 6 nitrogen and oxygen atoms in total. The first-order valence-electron chi connectivity index (χ1n) is 9.91. The third kappa shape index (κ3) is 5.31. The molecule has 29 heavy (non-hydrogen) atoms. The molecule has 1 aliphatic rings. The quantitative estimate of drug-likeness (QED) is 0.551. The first-order chi connectivity index (χ1) is 14.2. The van der Waals surface area contributed by atoms with Crippen molar-refractivity contribution in [1.82, 2.24) is 24.6 Å². The van der Waals surface area contributed by atoms with Crippen LogP contribution in [-0.4, -0.2) is 57.4 Å². The van der Waals surface area contributed by atoms with Crippen molar-refractivity contribution < 1.29 is 4.39 Å². The summed E-state index contributed by atoms with van der Waals surface area (Å²) in [5, 5.41) is 5.21. The molecule has 0 bridgehead atoms. The average Bonchev–Trinajstić information content (AvgIpc) is 3.22. The molecule has 0 unspecified atom stereocenters. The van der Waals surface area contributed by atoms with Gasteiger partial charge in [0.15, 0.2) is 5.82 Å². The number of unbranched alkanes of at least 4 members (excludes halogenated alkanes) is 1. The summed E-state index contributed by atoms with van der Waals surface area (Å²) in [4.78, 5) is 12.7. The Labute approximate surface area is 174 Å². The molecule has 3 aromatic rings. The van der Waals surface area contributed by atoms with Crippen LogP contribution < -0.4 is 4.90 Å². The lowest BCUT2D eigenvalue weighted by molar-refractivity contribution is 0.249. The summed E-state index contributed by atoms with van der Waals surface area (Å²) < 4.78 is 15.0.